The Morgan fingerprint density at radius 3 is 2.36 bits per heavy atom. The van der Waals surface area contributed by atoms with E-state index in [-0.39, 0.29) is 0 Å². The quantitative estimate of drug-likeness (QED) is 0.623. The van der Waals surface area contributed by atoms with Gasteiger partial charge in [-0.25, -0.2) is 17.9 Å². The topological polar surface area (TPSA) is 75.3 Å². The van der Waals surface area contributed by atoms with E-state index in [1.165, 1.54) is 0 Å². The van der Waals surface area contributed by atoms with Crippen LogP contribution in [0.4, 0.5) is 4.79 Å². The summed E-state index contributed by atoms with van der Waals surface area (Å²) in [6.07, 6.45) is 1.70. The fourth-order valence-electron chi connectivity index (χ4n) is 0.443. The van der Waals surface area contributed by atoms with Crippen LogP contribution in [0.1, 0.15) is 13.3 Å². The van der Waals surface area contributed by atoms with E-state index in [0.717, 1.165) is 12.7 Å². The van der Waals surface area contributed by atoms with Gasteiger partial charge in [-0.15, -0.1) is 0 Å². The third kappa shape index (κ3) is 7.11. The Bertz CT molecular complexity index is 222. The van der Waals surface area contributed by atoms with Crippen LogP contribution in [-0.2, 0) is 10.0 Å². The number of carbonyl (C=O) groups is 1. The fraction of sp³-hybridized carbons (Fsp3) is 0.800. The summed E-state index contributed by atoms with van der Waals surface area (Å²) >= 11 is 0. The van der Waals surface area contributed by atoms with Gasteiger partial charge in [-0.1, -0.05) is 6.92 Å². The molecule has 0 radical (unpaired) electrons. The van der Waals surface area contributed by atoms with Crippen LogP contribution in [0.25, 0.3) is 0 Å². The van der Waals surface area contributed by atoms with Gasteiger partial charge < -0.3 is 5.32 Å². The molecule has 6 heteroatoms. The van der Waals surface area contributed by atoms with Gasteiger partial charge in [0.1, 0.15) is 0 Å². The first-order chi connectivity index (χ1) is 4.95. The molecule has 0 atom stereocenters. The van der Waals surface area contributed by atoms with E-state index >= 15 is 0 Å². The van der Waals surface area contributed by atoms with Gasteiger partial charge in [-0.3, -0.25) is 0 Å². The highest BCUT2D eigenvalue weighted by atomic mass is 32.2. The van der Waals surface area contributed by atoms with E-state index in [2.05, 4.69) is 5.32 Å². The summed E-state index contributed by atoms with van der Waals surface area (Å²) < 4.78 is 22.6. The van der Waals surface area contributed by atoms with Crippen LogP contribution < -0.4 is 10.0 Å². The van der Waals surface area contributed by atoms with Crippen LogP contribution in [0.15, 0.2) is 0 Å². The van der Waals surface area contributed by atoms with Crippen molar-refractivity contribution < 1.29 is 13.2 Å². The second kappa shape index (κ2) is 4.17. The van der Waals surface area contributed by atoms with Crippen molar-refractivity contribution in [1.29, 1.82) is 0 Å². The third-order valence-electron chi connectivity index (χ3n) is 0.814. The molecule has 0 aliphatic rings. The Hall–Kier alpha value is -0.780. The molecule has 0 spiro atoms. The zero-order chi connectivity index (χ0) is 8.91. The first-order valence-electron chi connectivity index (χ1n) is 3.21. The highest BCUT2D eigenvalue weighted by Crippen LogP contribution is 1.75. The average molecular weight is 180 g/mol. The molecule has 0 unspecified atom stereocenters. The van der Waals surface area contributed by atoms with Crippen LogP contribution >= 0.6 is 0 Å². The van der Waals surface area contributed by atoms with Gasteiger partial charge in [-0.2, -0.15) is 0 Å². The highest BCUT2D eigenvalue weighted by molar-refractivity contribution is 7.89. The summed E-state index contributed by atoms with van der Waals surface area (Å²) in [6, 6.07) is -0.672. The summed E-state index contributed by atoms with van der Waals surface area (Å²) in [5.74, 6) is 0. The lowest BCUT2D eigenvalue weighted by Crippen LogP contribution is -2.38. The lowest BCUT2D eigenvalue weighted by molar-refractivity contribution is 0.246. The van der Waals surface area contributed by atoms with Crippen LogP contribution in [0.5, 0.6) is 0 Å². The smallest absolute Gasteiger partial charge is 0.328 e. The molecule has 0 aromatic rings. The van der Waals surface area contributed by atoms with E-state index in [9.17, 15) is 13.2 Å². The number of amides is 2. The summed E-state index contributed by atoms with van der Waals surface area (Å²) in [5, 5.41) is 2.36. The molecule has 66 valence electrons. The Labute approximate surface area is 66.2 Å². The molecule has 0 heterocycles. The number of urea groups is 1. The highest BCUT2D eigenvalue weighted by Gasteiger charge is 2.05. The lowest BCUT2D eigenvalue weighted by Gasteiger charge is -2.02. The maximum absolute atomic E-state index is 10.6. The zero-order valence-electron chi connectivity index (χ0n) is 6.55. The van der Waals surface area contributed by atoms with Crippen LogP contribution in [0.3, 0.4) is 0 Å². The van der Waals surface area contributed by atoms with Crippen molar-refractivity contribution in [3.8, 4) is 0 Å². The standard InChI is InChI=1S/C5H12N2O3S/c1-3-4-6-5(8)7-11(2,9)10/h3-4H2,1-2H3,(H2,6,7,8). The number of sulfonamides is 1. The van der Waals surface area contributed by atoms with Gasteiger partial charge in [0.15, 0.2) is 0 Å². The van der Waals surface area contributed by atoms with Gasteiger partial charge in [0.25, 0.3) is 0 Å². The molecule has 0 aliphatic heterocycles. The average Bonchev–Trinajstić information content (AvgIpc) is 1.79. The molecule has 0 aromatic heterocycles. The second-order valence-corrected chi connectivity index (χ2v) is 3.88. The van der Waals surface area contributed by atoms with Crippen LogP contribution in [0, 0.1) is 0 Å². The van der Waals surface area contributed by atoms with Crippen LogP contribution in [-0.4, -0.2) is 27.2 Å². The molecule has 0 aliphatic carbocycles. The Morgan fingerprint density at radius 1 is 1.45 bits per heavy atom. The number of carbonyl (C=O) groups excluding carboxylic acids is 1. The largest absolute Gasteiger partial charge is 0.337 e. The minimum absolute atomic E-state index is 0.474. The minimum Gasteiger partial charge on any atom is -0.337 e. The monoisotopic (exact) mass is 180 g/mol. The number of rotatable bonds is 3. The molecule has 2 amide bonds. The van der Waals surface area contributed by atoms with Gasteiger partial charge >= 0.3 is 6.03 Å². The number of hydrogen-bond acceptors (Lipinski definition) is 3. The van der Waals surface area contributed by atoms with Crippen molar-refractivity contribution in [2.45, 2.75) is 13.3 Å². The predicted octanol–water partition coefficient (Wildman–Crippen LogP) is -0.345. The van der Waals surface area contributed by atoms with E-state index in [1.807, 2.05) is 6.92 Å². The number of hydrogen-bond donors (Lipinski definition) is 2. The summed E-state index contributed by atoms with van der Waals surface area (Å²) in [5.41, 5.74) is 0. The molecule has 0 fully saturated rings. The van der Waals surface area contributed by atoms with Crippen molar-refractivity contribution >= 4 is 16.1 Å². The molecule has 0 saturated heterocycles. The molecule has 0 rings (SSSR count). The van der Waals surface area contributed by atoms with E-state index in [4.69, 9.17) is 0 Å². The van der Waals surface area contributed by atoms with Crippen molar-refractivity contribution in [1.82, 2.24) is 10.0 Å². The Balaban J connectivity index is 3.71. The van der Waals surface area contributed by atoms with Gasteiger partial charge in [0.2, 0.25) is 10.0 Å². The van der Waals surface area contributed by atoms with E-state index in [0.29, 0.717) is 6.54 Å². The summed E-state index contributed by atoms with van der Waals surface area (Å²) in [7, 11) is -3.42. The molecule has 0 aromatic carbocycles. The Kier molecular flexibility index (Phi) is 3.88. The van der Waals surface area contributed by atoms with Crippen molar-refractivity contribution in [2.75, 3.05) is 12.8 Å². The first kappa shape index (κ1) is 10.2. The SMILES string of the molecule is CCCNC(=O)NS(C)(=O)=O. The summed E-state index contributed by atoms with van der Waals surface area (Å²) in [6.45, 7) is 2.35. The van der Waals surface area contributed by atoms with Crippen LogP contribution in [0.2, 0.25) is 0 Å². The number of nitrogens with one attached hydrogen (secondary N) is 2. The van der Waals surface area contributed by atoms with Crippen molar-refractivity contribution in [3.05, 3.63) is 0 Å². The fourth-order valence-corrected chi connectivity index (χ4v) is 0.852. The zero-order valence-corrected chi connectivity index (χ0v) is 7.36. The summed E-state index contributed by atoms with van der Waals surface area (Å²) in [4.78, 5) is 10.6. The maximum Gasteiger partial charge on any atom is 0.328 e. The molecular weight excluding hydrogens is 168 g/mol. The second-order valence-electron chi connectivity index (χ2n) is 2.13. The molecule has 0 saturated carbocycles. The van der Waals surface area contributed by atoms with E-state index < -0.39 is 16.1 Å². The van der Waals surface area contributed by atoms with Crippen molar-refractivity contribution in [3.63, 3.8) is 0 Å². The molecule has 5 nitrogen and oxygen atoms in total. The van der Waals surface area contributed by atoms with Gasteiger partial charge in [0, 0.05) is 6.54 Å². The first-order valence-corrected chi connectivity index (χ1v) is 5.10. The molecular formula is C5H12N2O3S. The third-order valence-corrected chi connectivity index (χ3v) is 1.37. The molecule has 2 N–H and O–H groups in total. The normalized spacial score (nSPS) is 10.7. The minimum atomic E-state index is -3.42. The molecule has 11 heavy (non-hydrogen) atoms. The Morgan fingerprint density at radius 2 is 2.00 bits per heavy atom. The van der Waals surface area contributed by atoms with Gasteiger partial charge in [0.05, 0.1) is 6.26 Å². The molecule has 0 bridgehead atoms. The lowest BCUT2D eigenvalue weighted by atomic mass is 10.5. The van der Waals surface area contributed by atoms with E-state index in [1.54, 1.807) is 4.72 Å². The predicted molar refractivity (Wildman–Crippen MR) is 41.7 cm³/mol. The van der Waals surface area contributed by atoms with Crippen molar-refractivity contribution in [2.24, 2.45) is 0 Å². The maximum atomic E-state index is 10.6. The van der Waals surface area contributed by atoms with Gasteiger partial charge in [-0.05, 0) is 6.42 Å².